The van der Waals surface area contributed by atoms with E-state index in [-0.39, 0.29) is 37.4 Å². The molecule has 10 heteroatoms. The number of nitrogens with zero attached hydrogens (tertiary/aromatic N) is 1. The van der Waals surface area contributed by atoms with Crippen molar-refractivity contribution < 1.29 is 27.5 Å². The fraction of sp³-hybridized carbons (Fsp3) is 0.438. The lowest BCUT2D eigenvalue weighted by atomic mass is 10.1. The molecule has 0 aliphatic carbocycles. The van der Waals surface area contributed by atoms with Gasteiger partial charge in [0.05, 0.1) is 24.8 Å². The van der Waals surface area contributed by atoms with Gasteiger partial charge in [-0.3, -0.25) is 14.4 Å². The van der Waals surface area contributed by atoms with Gasteiger partial charge in [0.15, 0.2) is 0 Å². The van der Waals surface area contributed by atoms with E-state index in [9.17, 15) is 22.8 Å². The van der Waals surface area contributed by atoms with Crippen LogP contribution < -0.4 is 10.6 Å². The summed E-state index contributed by atoms with van der Waals surface area (Å²) in [6, 6.07) is 6.60. The van der Waals surface area contributed by atoms with Crippen LogP contribution in [-0.4, -0.2) is 63.3 Å². The zero-order valence-corrected chi connectivity index (χ0v) is 15.1. The van der Waals surface area contributed by atoms with Crippen molar-refractivity contribution in [3.8, 4) is 0 Å². The van der Waals surface area contributed by atoms with Crippen molar-refractivity contribution in [1.82, 2.24) is 14.9 Å². The summed E-state index contributed by atoms with van der Waals surface area (Å²) in [7, 11) is -2.67. The van der Waals surface area contributed by atoms with E-state index in [1.165, 1.54) is 19.2 Å². The molecule has 1 fully saturated rings. The highest BCUT2D eigenvalue weighted by atomic mass is 32.2. The molecule has 1 aliphatic heterocycles. The van der Waals surface area contributed by atoms with Crippen molar-refractivity contribution in [2.75, 3.05) is 26.7 Å². The van der Waals surface area contributed by atoms with Crippen LogP contribution >= 0.6 is 0 Å². The highest BCUT2D eigenvalue weighted by Crippen LogP contribution is 2.21. The summed E-state index contributed by atoms with van der Waals surface area (Å²) in [5, 5.41) is 5.06. The van der Waals surface area contributed by atoms with Gasteiger partial charge in [0, 0.05) is 19.6 Å². The Morgan fingerprint density at radius 3 is 2.65 bits per heavy atom. The van der Waals surface area contributed by atoms with E-state index in [1.807, 2.05) is 0 Å². The molecule has 0 saturated carbocycles. The SMILES string of the molecule is COC(=O)CCNC(=O)C[C@H]1C(=O)NCCN1S(=O)(=O)c1ccccc1. The van der Waals surface area contributed by atoms with Gasteiger partial charge >= 0.3 is 5.97 Å². The zero-order valence-electron chi connectivity index (χ0n) is 14.3. The van der Waals surface area contributed by atoms with Crippen LogP contribution in [0.3, 0.4) is 0 Å². The maximum atomic E-state index is 12.8. The Morgan fingerprint density at radius 2 is 2.00 bits per heavy atom. The molecule has 2 rings (SSSR count). The maximum Gasteiger partial charge on any atom is 0.307 e. The third kappa shape index (κ3) is 4.79. The van der Waals surface area contributed by atoms with Crippen LogP contribution in [0.15, 0.2) is 35.2 Å². The molecule has 0 spiro atoms. The van der Waals surface area contributed by atoms with Crippen LogP contribution in [0, 0.1) is 0 Å². The fourth-order valence-electron chi connectivity index (χ4n) is 2.56. The molecule has 1 saturated heterocycles. The van der Waals surface area contributed by atoms with Crippen LogP contribution in [0.4, 0.5) is 0 Å². The maximum absolute atomic E-state index is 12.8. The Morgan fingerprint density at radius 1 is 1.31 bits per heavy atom. The van der Waals surface area contributed by atoms with E-state index in [2.05, 4.69) is 15.4 Å². The minimum atomic E-state index is -3.91. The van der Waals surface area contributed by atoms with Gasteiger partial charge in [-0.15, -0.1) is 0 Å². The van der Waals surface area contributed by atoms with Crippen molar-refractivity contribution in [2.45, 2.75) is 23.8 Å². The highest BCUT2D eigenvalue weighted by Gasteiger charge is 2.39. The van der Waals surface area contributed by atoms with Crippen LogP contribution in [0.1, 0.15) is 12.8 Å². The minimum Gasteiger partial charge on any atom is -0.469 e. The van der Waals surface area contributed by atoms with Crippen molar-refractivity contribution in [1.29, 1.82) is 0 Å². The molecule has 0 radical (unpaired) electrons. The molecular formula is C16H21N3O6S. The Hall–Kier alpha value is -2.46. The van der Waals surface area contributed by atoms with Gasteiger partial charge in [-0.05, 0) is 12.1 Å². The molecule has 1 atom stereocenters. The lowest BCUT2D eigenvalue weighted by molar-refractivity contribution is -0.140. The number of esters is 1. The number of nitrogens with one attached hydrogen (secondary N) is 2. The number of sulfonamides is 1. The molecule has 9 nitrogen and oxygen atoms in total. The van der Waals surface area contributed by atoms with E-state index in [0.717, 1.165) is 4.31 Å². The Balaban J connectivity index is 2.09. The number of methoxy groups -OCH3 is 1. The average molecular weight is 383 g/mol. The van der Waals surface area contributed by atoms with Crippen LogP contribution in [0.25, 0.3) is 0 Å². The Labute approximate surface area is 151 Å². The lowest BCUT2D eigenvalue weighted by Crippen LogP contribution is -2.58. The predicted octanol–water partition coefficient (Wildman–Crippen LogP) is -0.755. The normalized spacial score (nSPS) is 18.0. The number of carbonyl (C=O) groups is 3. The monoisotopic (exact) mass is 383 g/mol. The van der Waals surface area contributed by atoms with Crippen molar-refractivity contribution in [3.63, 3.8) is 0 Å². The Kier molecular flexibility index (Phi) is 6.70. The van der Waals surface area contributed by atoms with Crippen LogP contribution in [-0.2, 0) is 29.1 Å². The van der Waals surface area contributed by atoms with E-state index in [0.29, 0.717) is 0 Å². The molecule has 1 aromatic rings. The number of rotatable bonds is 7. The summed E-state index contributed by atoms with van der Waals surface area (Å²) in [6.07, 6.45) is -0.343. The topological polar surface area (TPSA) is 122 Å². The number of ether oxygens (including phenoxy) is 1. The number of hydrogen-bond acceptors (Lipinski definition) is 6. The summed E-state index contributed by atoms with van der Waals surface area (Å²) in [4.78, 5) is 35.4. The summed E-state index contributed by atoms with van der Waals surface area (Å²) >= 11 is 0. The number of hydrogen-bond donors (Lipinski definition) is 2. The van der Waals surface area contributed by atoms with Gasteiger partial charge in [-0.2, -0.15) is 4.31 Å². The van der Waals surface area contributed by atoms with Gasteiger partial charge in [0.2, 0.25) is 21.8 Å². The second-order valence-corrected chi connectivity index (χ2v) is 7.51. The molecule has 0 aromatic heterocycles. The number of benzene rings is 1. The average Bonchev–Trinajstić information content (AvgIpc) is 2.63. The van der Waals surface area contributed by atoms with E-state index < -0.39 is 33.8 Å². The van der Waals surface area contributed by atoms with E-state index >= 15 is 0 Å². The molecule has 2 amide bonds. The first-order valence-electron chi connectivity index (χ1n) is 8.04. The molecule has 1 heterocycles. The first kappa shape index (κ1) is 19.9. The first-order chi connectivity index (χ1) is 12.4. The van der Waals surface area contributed by atoms with Gasteiger partial charge < -0.3 is 15.4 Å². The second-order valence-electron chi connectivity index (χ2n) is 5.62. The third-order valence-electron chi connectivity index (χ3n) is 3.89. The predicted molar refractivity (Wildman–Crippen MR) is 91.4 cm³/mol. The van der Waals surface area contributed by atoms with Gasteiger partial charge in [0.1, 0.15) is 6.04 Å². The van der Waals surface area contributed by atoms with Crippen molar-refractivity contribution in [2.24, 2.45) is 0 Å². The molecule has 2 N–H and O–H groups in total. The van der Waals surface area contributed by atoms with Crippen LogP contribution in [0.5, 0.6) is 0 Å². The number of carbonyl (C=O) groups excluding carboxylic acids is 3. The molecule has 1 aromatic carbocycles. The quantitative estimate of drug-likeness (QED) is 0.597. The zero-order chi connectivity index (χ0) is 19.2. The third-order valence-corrected chi connectivity index (χ3v) is 5.81. The van der Waals surface area contributed by atoms with Gasteiger partial charge in [-0.25, -0.2) is 8.42 Å². The Bertz CT molecular complexity index is 765. The number of piperazine rings is 1. The van der Waals surface area contributed by atoms with Crippen molar-refractivity contribution >= 4 is 27.8 Å². The molecule has 1 aliphatic rings. The molecule has 142 valence electrons. The van der Waals surface area contributed by atoms with Gasteiger partial charge in [-0.1, -0.05) is 18.2 Å². The fourth-order valence-corrected chi connectivity index (χ4v) is 4.17. The molecule has 26 heavy (non-hydrogen) atoms. The summed E-state index contributed by atoms with van der Waals surface area (Å²) in [6.45, 7) is 0.291. The van der Waals surface area contributed by atoms with Crippen molar-refractivity contribution in [3.05, 3.63) is 30.3 Å². The summed E-state index contributed by atoms with van der Waals surface area (Å²) in [5.74, 6) is -1.53. The minimum absolute atomic E-state index is 0.00880. The summed E-state index contributed by atoms with van der Waals surface area (Å²) < 4.78 is 31.2. The standard InChI is InChI=1S/C16H21N3O6S/c1-25-15(21)7-8-17-14(20)11-13-16(22)18-9-10-19(13)26(23,24)12-5-3-2-4-6-12/h2-6,13H,7-11H2,1H3,(H,17,20)(H,18,22)/t13-/m0/s1. The first-order valence-corrected chi connectivity index (χ1v) is 9.48. The van der Waals surface area contributed by atoms with Gasteiger partial charge in [0.25, 0.3) is 0 Å². The van der Waals surface area contributed by atoms with E-state index in [1.54, 1.807) is 18.2 Å². The van der Waals surface area contributed by atoms with Crippen LogP contribution in [0.2, 0.25) is 0 Å². The smallest absolute Gasteiger partial charge is 0.307 e. The lowest BCUT2D eigenvalue weighted by Gasteiger charge is -2.33. The highest BCUT2D eigenvalue weighted by molar-refractivity contribution is 7.89. The van der Waals surface area contributed by atoms with E-state index in [4.69, 9.17) is 0 Å². The second kappa shape index (κ2) is 8.77. The molecule has 0 bridgehead atoms. The molecule has 0 unspecified atom stereocenters. The largest absolute Gasteiger partial charge is 0.469 e. The molecular weight excluding hydrogens is 362 g/mol. The summed E-state index contributed by atoms with van der Waals surface area (Å²) in [5.41, 5.74) is 0. The number of amides is 2.